The number of hydrogen-bond donors (Lipinski definition) is 2. The fraction of sp³-hybridized carbons (Fsp3) is 0.579. The molecular formula is C19H23F3N4O2. The van der Waals surface area contributed by atoms with Gasteiger partial charge in [0.1, 0.15) is 0 Å². The molecule has 3 atom stereocenters. The maximum Gasteiger partial charge on any atom is 0.416 e. The number of halogens is 3. The van der Waals surface area contributed by atoms with Crippen molar-refractivity contribution in [3.63, 3.8) is 0 Å². The van der Waals surface area contributed by atoms with Gasteiger partial charge < -0.3 is 9.80 Å². The van der Waals surface area contributed by atoms with Gasteiger partial charge in [-0.2, -0.15) is 13.2 Å². The van der Waals surface area contributed by atoms with Crippen LogP contribution in [0.25, 0.3) is 0 Å². The minimum Gasteiger partial charge on any atom is -0.341 e. The minimum atomic E-state index is -4.36. The Bertz CT molecular complexity index is 753. The average Bonchev–Trinajstić information content (AvgIpc) is 3.27. The molecule has 3 saturated heterocycles. The van der Waals surface area contributed by atoms with E-state index in [9.17, 15) is 22.8 Å². The summed E-state index contributed by atoms with van der Waals surface area (Å²) in [5.74, 6) is 0.0190. The summed E-state index contributed by atoms with van der Waals surface area (Å²) in [5.41, 5.74) is 6.49. The number of nitrogens with zero attached hydrogens (tertiary/aromatic N) is 2. The summed E-state index contributed by atoms with van der Waals surface area (Å²) in [6, 6.07) is 5.16. The highest BCUT2D eigenvalue weighted by Gasteiger charge is 2.42. The molecule has 3 fully saturated rings. The lowest BCUT2D eigenvalue weighted by molar-refractivity contribution is -0.139. The lowest BCUT2D eigenvalue weighted by Gasteiger charge is -2.37. The third kappa shape index (κ3) is 3.73. The molecule has 2 amide bonds. The van der Waals surface area contributed by atoms with E-state index < -0.39 is 11.7 Å². The number of nitrogens with one attached hydrogen (secondary N) is 2. The fourth-order valence-electron chi connectivity index (χ4n) is 4.37. The number of carbonyl (C=O) groups is 2. The molecule has 1 aromatic rings. The average molecular weight is 396 g/mol. The quantitative estimate of drug-likeness (QED) is 0.816. The number of hydrazine groups is 1. The normalized spacial score (nSPS) is 28.0. The molecule has 0 spiro atoms. The lowest BCUT2D eigenvalue weighted by atomic mass is 9.85. The summed E-state index contributed by atoms with van der Waals surface area (Å²) in [4.78, 5) is 27.8. The smallest absolute Gasteiger partial charge is 0.341 e. The Morgan fingerprint density at radius 1 is 1.14 bits per heavy atom. The molecule has 152 valence electrons. The predicted molar refractivity (Wildman–Crippen MR) is 94.7 cm³/mol. The van der Waals surface area contributed by atoms with Crippen LogP contribution < -0.4 is 10.9 Å². The largest absolute Gasteiger partial charge is 0.416 e. The maximum absolute atomic E-state index is 12.8. The van der Waals surface area contributed by atoms with E-state index in [1.165, 1.54) is 12.1 Å². The Morgan fingerprint density at radius 3 is 2.54 bits per heavy atom. The van der Waals surface area contributed by atoms with Crippen LogP contribution in [-0.2, 0) is 15.8 Å². The third-order valence-electron chi connectivity index (χ3n) is 5.96. The van der Waals surface area contributed by atoms with Gasteiger partial charge in [-0.25, -0.2) is 5.43 Å². The molecule has 3 heterocycles. The first-order valence-corrected chi connectivity index (χ1v) is 9.56. The van der Waals surface area contributed by atoms with Crippen molar-refractivity contribution >= 4 is 11.8 Å². The van der Waals surface area contributed by atoms with Crippen LogP contribution in [0.5, 0.6) is 0 Å². The van der Waals surface area contributed by atoms with E-state index in [1.807, 2.05) is 0 Å². The molecule has 3 unspecified atom stereocenters. The van der Waals surface area contributed by atoms with Crippen LogP contribution >= 0.6 is 0 Å². The molecule has 0 aromatic heterocycles. The fourth-order valence-corrected chi connectivity index (χ4v) is 4.37. The van der Waals surface area contributed by atoms with Crippen molar-refractivity contribution < 1.29 is 22.8 Å². The molecule has 6 nitrogen and oxygen atoms in total. The van der Waals surface area contributed by atoms with E-state index in [0.717, 1.165) is 30.5 Å². The van der Waals surface area contributed by atoms with E-state index in [1.54, 1.807) is 9.80 Å². The Hall–Kier alpha value is -2.13. The molecule has 9 heteroatoms. The molecule has 0 saturated carbocycles. The zero-order valence-electron chi connectivity index (χ0n) is 15.3. The van der Waals surface area contributed by atoms with Gasteiger partial charge in [-0.1, -0.05) is 12.1 Å². The van der Waals surface area contributed by atoms with Crippen molar-refractivity contribution in [2.45, 2.75) is 37.5 Å². The van der Waals surface area contributed by atoms with Crippen LogP contribution in [0.4, 0.5) is 13.2 Å². The van der Waals surface area contributed by atoms with Crippen molar-refractivity contribution in [3.05, 3.63) is 35.4 Å². The van der Waals surface area contributed by atoms with Crippen molar-refractivity contribution in [1.82, 2.24) is 20.7 Å². The third-order valence-corrected chi connectivity index (χ3v) is 5.96. The van der Waals surface area contributed by atoms with Gasteiger partial charge in [0, 0.05) is 38.0 Å². The first kappa shape index (κ1) is 19.2. The molecule has 3 aliphatic heterocycles. The second-order valence-corrected chi connectivity index (χ2v) is 7.70. The Morgan fingerprint density at radius 2 is 1.89 bits per heavy atom. The van der Waals surface area contributed by atoms with Gasteiger partial charge in [0.15, 0.2) is 0 Å². The highest BCUT2D eigenvalue weighted by molar-refractivity contribution is 5.86. The zero-order chi connectivity index (χ0) is 19.9. The predicted octanol–water partition coefficient (Wildman–Crippen LogP) is 1.69. The number of alkyl halides is 3. The van der Waals surface area contributed by atoms with Crippen molar-refractivity contribution in [1.29, 1.82) is 0 Å². The van der Waals surface area contributed by atoms with Gasteiger partial charge in [0.2, 0.25) is 11.8 Å². The molecule has 0 bridgehead atoms. The lowest BCUT2D eigenvalue weighted by Crippen LogP contribution is -2.50. The molecule has 1 aromatic carbocycles. The summed E-state index contributed by atoms with van der Waals surface area (Å²) in [6.45, 7) is 1.86. The van der Waals surface area contributed by atoms with Crippen molar-refractivity contribution in [3.8, 4) is 0 Å². The van der Waals surface area contributed by atoms with E-state index >= 15 is 0 Å². The van der Waals surface area contributed by atoms with Crippen LogP contribution in [-0.4, -0.2) is 53.8 Å². The molecule has 3 aliphatic rings. The molecule has 2 N–H and O–H groups in total. The summed E-state index contributed by atoms with van der Waals surface area (Å²) in [7, 11) is 0. The molecule has 28 heavy (non-hydrogen) atoms. The standard InChI is InChI=1S/C19H23F3N4O2/c20-19(21,22)13-5-3-12(4-6-13)18-14-10-26(9-7-15(14)23-24-18)17(28)11-25-8-1-2-16(25)27/h3-6,14-15,18,23-24H,1-2,7-11H2. The number of amides is 2. The van der Waals surface area contributed by atoms with Gasteiger partial charge >= 0.3 is 6.18 Å². The van der Waals surface area contributed by atoms with Crippen LogP contribution in [0.15, 0.2) is 24.3 Å². The second kappa shape index (κ2) is 7.36. The van der Waals surface area contributed by atoms with Gasteiger partial charge in [0.25, 0.3) is 0 Å². The SMILES string of the molecule is O=C1CCCN1CC(=O)N1CCC2NNC(c3ccc(C(F)(F)F)cc3)C2C1. The van der Waals surface area contributed by atoms with E-state index in [2.05, 4.69) is 10.9 Å². The topological polar surface area (TPSA) is 64.7 Å². The number of piperidine rings is 1. The van der Waals surface area contributed by atoms with Gasteiger partial charge in [-0.15, -0.1) is 0 Å². The number of hydrogen-bond acceptors (Lipinski definition) is 4. The van der Waals surface area contributed by atoms with Crippen molar-refractivity contribution in [2.75, 3.05) is 26.2 Å². The number of fused-ring (bicyclic) bond motifs is 1. The summed E-state index contributed by atoms with van der Waals surface area (Å²) in [5, 5.41) is 0. The summed E-state index contributed by atoms with van der Waals surface area (Å²) < 4.78 is 38.4. The van der Waals surface area contributed by atoms with Crippen LogP contribution in [0, 0.1) is 5.92 Å². The highest BCUT2D eigenvalue weighted by atomic mass is 19.4. The van der Waals surface area contributed by atoms with Gasteiger partial charge in [0.05, 0.1) is 18.2 Å². The van der Waals surface area contributed by atoms with Crippen LogP contribution in [0.1, 0.15) is 36.4 Å². The van der Waals surface area contributed by atoms with Gasteiger partial charge in [-0.05, 0) is 30.5 Å². The Balaban J connectivity index is 1.43. The first-order chi connectivity index (χ1) is 13.3. The number of benzene rings is 1. The summed E-state index contributed by atoms with van der Waals surface area (Å²) in [6.07, 6.45) is -2.31. The molecular weight excluding hydrogens is 373 g/mol. The monoisotopic (exact) mass is 396 g/mol. The molecule has 0 aliphatic carbocycles. The zero-order valence-corrected chi connectivity index (χ0v) is 15.3. The van der Waals surface area contributed by atoms with E-state index in [4.69, 9.17) is 0 Å². The maximum atomic E-state index is 12.8. The van der Waals surface area contributed by atoms with Crippen molar-refractivity contribution in [2.24, 2.45) is 5.92 Å². The number of carbonyl (C=O) groups excluding carboxylic acids is 2. The molecule has 4 rings (SSSR count). The number of likely N-dealkylation sites (tertiary alicyclic amines) is 2. The molecule has 0 radical (unpaired) electrons. The summed E-state index contributed by atoms with van der Waals surface area (Å²) >= 11 is 0. The van der Waals surface area contributed by atoms with E-state index in [-0.39, 0.29) is 36.4 Å². The van der Waals surface area contributed by atoms with Crippen LogP contribution in [0.3, 0.4) is 0 Å². The van der Waals surface area contributed by atoms with E-state index in [0.29, 0.717) is 26.1 Å². The highest BCUT2D eigenvalue weighted by Crippen LogP contribution is 2.35. The second-order valence-electron chi connectivity index (χ2n) is 7.70. The Labute approximate surface area is 161 Å². The number of rotatable bonds is 3. The van der Waals surface area contributed by atoms with Gasteiger partial charge in [-0.3, -0.25) is 15.0 Å². The van der Waals surface area contributed by atoms with Crippen LogP contribution in [0.2, 0.25) is 0 Å². The minimum absolute atomic E-state index is 0.0232. The Kier molecular flexibility index (Phi) is 5.05. The first-order valence-electron chi connectivity index (χ1n) is 9.56.